The normalized spacial score (nSPS) is 33.2. The Morgan fingerprint density at radius 3 is 2.69 bits per heavy atom. The van der Waals surface area contributed by atoms with Gasteiger partial charge >= 0.3 is 0 Å². The molecule has 1 aliphatic rings. The van der Waals surface area contributed by atoms with Gasteiger partial charge in [-0.3, -0.25) is 11.3 Å². The van der Waals surface area contributed by atoms with Crippen LogP contribution in [0.1, 0.15) is 40.0 Å². The summed E-state index contributed by atoms with van der Waals surface area (Å²) in [5.74, 6) is 7.61. The zero-order chi connectivity index (χ0) is 9.90. The monoisotopic (exact) mass is 202 g/mol. The van der Waals surface area contributed by atoms with Crippen molar-refractivity contribution >= 4 is 11.8 Å². The first-order valence-electron chi connectivity index (χ1n) is 5.24. The molecule has 0 spiro atoms. The van der Waals surface area contributed by atoms with Crippen LogP contribution in [0.2, 0.25) is 0 Å². The van der Waals surface area contributed by atoms with Crippen molar-refractivity contribution in [3.8, 4) is 0 Å². The summed E-state index contributed by atoms with van der Waals surface area (Å²) in [4.78, 5) is 0. The Bertz CT molecular complexity index is 155. The number of rotatable bonds is 4. The fourth-order valence-corrected chi connectivity index (χ4v) is 3.75. The minimum atomic E-state index is 0.365. The highest BCUT2D eigenvalue weighted by atomic mass is 32.2. The number of hydrogen-bond donors (Lipinski definition) is 2. The van der Waals surface area contributed by atoms with Gasteiger partial charge in [-0.05, 0) is 31.4 Å². The van der Waals surface area contributed by atoms with Crippen molar-refractivity contribution in [3.05, 3.63) is 0 Å². The molecule has 0 radical (unpaired) electrons. The molecular formula is C10H22N2S. The summed E-state index contributed by atoms with van der Waals surface area (Å²) < 4.78 is 0.365. The van der Waals surface area contributed by atoms with Crippen LogP contribution in [-0.4, -0.2) is 16.5 Å². The Morgan fingerprint density at radius 1 is 1.62 bits per heavy atom. The second-order valence-corrected chi connectivity index (χ2v) is 5.92. The summed E-state index contributed by atoms with van der Waals surface area (Å²) in [5, 5.41) is 0. The van der Waals surface area contributed by atoms with E-state index in [1.165, 1.54) is 25.0 Å². The van der Waals surface area contributed by atoms with Crippen LogP contribution in [0.15, 0.2) is 0 Å². The third kappa shape index (κ3) is 2.39. The van der Waals surface area contributed by atoms with E-state index < -0.39 is 0 Å². The summed E-state index contributed by atoms with van der Waals surface area (Å²) in [6.07, 6.45) is 3.84. The lowest BCUT2D eigenvalue weighted by Crippen LogP contribution is -2.52. The molecule has 1 fully saturated rings. The van der Waals surface area contributed by atoms with Gasteiger partial charge in [-0.1, -0.05) is 20.3 Å². The Hall–Kier alpha value is 0.270. The van der Waals surface area contributed by atoms with Crippen LogP contribution >= 0.6 is 11.8 Å². The van der Waals surface area contributed by atoms with E-state index in [2.05, 4.69) is 38.0 Å². The molecule has 1 aliphatic heterocycles. The van der Waals surface area contributed by atoms with Crippen molar-refractivity contribution in [2.45, 2.75) is 50.8 Å². The molecule has 0 aromatic carbocycles. The molecule has 1 heterocycles. The summed E-state index contributed by atoms with van der Waals surface area (Å²) in [6, 6.07) is 0.463. The van der Waals surface area contributed by atoms with Crippen molar-refractivity contribution in [3.63, 3.8) is 0 Å². The van der Waals surface area contributed by atoms with Crippen LogP contribution < -0.4 is 11.3 Å². The third-order valence-corrected chi connectivity index (χ3v) is 4.91. The van der Waals surface area contributed by atoms with Crippen molar-refractivity contribution in [1.29, 1.82) is 0 Å². The van der Waals surface area contributed by atoms with Crippen LogP contribution in [0.3, 0.4) is 0 Å². The van der Waals surface area contributed by atoms with Crippen LogP contribution in [-0.2, 0) is 0 Å². The Labute approximate surface area is 86.0 Å². The van der Waals surface area contributed by atoms with Gasteiger partial charge in [0, 0.05) is 10.8 Å². The number of hydrogen-bond acceptors (Lipinski definition) is 3. The van der Waals surface area contributed by atoms with Gasteiger partial charge in [-0.2, -0.15) is 11.8 Å². The van der Waals surface area contributed by atoms with Crippen LogP contribution in [0.5, 0.6) is 0 Å². The molecule has 0 aliphatic carbocycles. The van der Waals surface area contributed by atoms with E-state index in [1.54, 1.807) is 0 Å². The number of hydrazine groups is 1. The minimum Gasteiger partial charge on any atom is -0.271 e. The van der Waals surface area contributed by atoms with Gasteiger partial charge < -0.3 is 0 Å². The highest BCUT2D eigenvalue weighted by Gasteiger charge is 2.39. The molecule has 1 saturated heterocycles. The first kappa shape index (κ1) is 11.3. The first-order valence-corrected chi connectivity index (χ1v) is 6.22. The molecule has 13 heavy (non-hydrogen) atoms. The molecule has 0 bridgehead atoms. The fourth-order valence-electron chi connectivity index (χ4n) is 2.22. The molecule has 0 amide bonds. The Morgan fingerprint density at radius 2 is 2.31 bits per heavy atom. The largest absolute Gasteiger partial charge is 0.271 e. The quantitative estimate of drug-likeness (QED) is 0.542. The van der Waals surface area contributed by atoms with Gasteiger partial charge in [0.2, 0.25) is 0 Å². The molecule has 3 heteroatoms. The fraction of sp³-hybridized carbons (Fsp3) is 1.00. The summed E-state index contributed by atoms with van der Waals surface area (Å²) in [7, 11) is 0. The molecule has 0 aromatic rings. The topological polar surface area (TPSA) is 38.0 Å². The Balaban J connectivity index is 2.63. The zero-order valence-electron chi connectivity index (χ0n) is 8.97. The molecule has 0 saturated carbocycles. The van der Waals surface area contributed by atoms with Crippen molar-refractivity contribution in [2.75, 3.05) is 5.75 Å². The van der Waals surface area contributed by atoms with Gasteiger partial charge in [0.05, 0.1) is 0 Å². The van der Waals surface area contributed by atoms with E-state index in [9.17, 15) is 0 Å². The van der Waals surface area contributed by atoms with E-state index in [0.717, 1.165) is 0 Å². The van der Waals surface area contributed by atoms with Gasteiger partial charge in [0.15, 0.2) is 0 Å². The van der Waals surface area contributed by atoms with Crippen molar-refractivity contribution in [2.24, 2.45) is 11.8 Å². The molecule has 1 rings (SSSR count). The highest BCUT2D eigenvalue weighted by molar-refractivity contribution is 8.00. The summed E-state index contributed by atoms with van der Waals surface area (Å²) in [6.45, 7) is 6.87. The van der Waals surface area contributed by atoms with Crippen LogP contribution in [0.4, 0.5) is 0 Å². The maximum atomic E-state index is 5.65. The van der Waals surface area contributed by atoms with Gasteiger partial charge in [-0.15, -0.1) is 0 Å². The zero-order valence-corrected chi connectivity index (χ0v) is 9.79. The molecule has 3 unspecified atom stereocenters. The highest BCUT2D eigenvalue weighted by Crippen LogP contribution is 2.42. The summed E-state index contributed by atoms with van der Waals surface area (Å²) in [5.41, 5.74) is 3.01. The lowest BCUT2D eigenvalue weighted by molar-refractivity contribution is 0.301. The second kappa shape index (κ2) is 4.67. The standard InChI is InChI=1S/C10H22N2S/c1-4-8(2)9(12-11)10(3)6-5-7-13-10/h8-9,12H,4-7,11H2,1-3H3. The average Bonchev–Trinajstić information content (AvgIpc) is 2.53. The number of nitrogens with two attached hydrogens (primary N) is 1. The average molecular weight is 202 g/mol. The van der Waals surface area contributed by atoms with Gasteiger partial charge in [0.1, 0.15) is 0 Å². The molecule has 0 aromatic heterocycles. The van der Waals surface area contributed by atoms with E-state index >= 15 is 0 Å². The number of thioether (sulfide) groups is 1. The predicted octanol–water partition coefficient (Wildman–Crippen LogP) is 2.15. The van der Waals surface area contributed by atoms with E-state index in [-0.39, 0.29) is 0 Å². The third-order valence-electron chi connectivity index (χ3n) is 3.30. The number of nitrogens with one attached hydrogen (secondary N) is 1. The van der Waals surface area contributed by atoms with Gasteiger partial charge in [0.25, 0.3) is 0 Å². The van der Waals surface area contributed by atoms with E-state index in [1.807, 2.05) is 0 Å². The molecule has 2 nitrogen and oxygen atoms in total. The maximum Gasteiger partial charge on any atom is 0.0380 e. The van der Waals surface area contributed by atoms with E-state index in [0.29, 0.717) is 16.7 Å². The predicted molar refractivity (Wildman–Crippen MR) is 60.7 cm³/mol. The second-order valence-electron chi connectivity index (χ2n) is 4.29. The smallest absolute Gasteiger partial charge is 0.0380 e. The molecule has 78 valence electrons. The van der Waals surface area contributed by atoms with Crippen molar-refractivity contribution in [1.82, 2.24) is 5.43 Å². The summed E-state index contributed by atoms with van der Waals surface area (Å²) >= 11 is 2.08. The Kier molecular flexibility index (Phi) is 4.07. The first-order chi connectivity index (χ1) is 6.14. The maximum absolute atomic E-state index is 5.65. The van der Waals surface area contributed by atoms with Crippen molar-refractivity contribution < 1.29 is 0 Å². The van der Waals surface area contributed by atoms with Gasteiger partial charge in [-0.25, -0.2) is 0 Å². The van der Waals surface area contributed by atoms with Crippen LogP contribution in [0, 0.1) is 5.92 Å². The lowest BCUT2D eigenvalue weighted by atomic mass is 9.86. The molecule has 3 N–H and O–H groups in total. The molecular weight excluding hydrogens is 180 g/mol. The SMILES string of the molecule is CCC(C)C(NN)C1(C)CCCS1. The molecule has 3 atom stereocenters. The van der Waals surface area contributed by atoms with Crippen LogP contribution in [0.25, 0.3) is 0 Å². The lowest BCUT2D eigenvalue weighted by Gasteiger charge is -2.36. The van der Waals surface area contributed by atoms with E-state index in [4.69, 9.17) is 5.84 Å². The minimum absolute atomic E-state index is 0.365.